The maximum Gasteiger partial charge on any atom is 0.224 e. The van der Waals surface area contributed by atoms with E-state index in [2.05, 4.69) is 21.9 Å². The van der Waals surface area contributed by atoms with Crippen LogP contribution in [0.15, 0.2) is 47.2 Å². The minimum atomic E-state index is 0.780. The molecule has 2 aromatic heterocycles. The lowest BCUT2D eigenvalue weighted by Gasteiger charge is -2.07. The Balaban J connectivity index is 2.21. The Labute approximate surface area is 116 Å². The molecule has 0 aliphatic rings. The van der Waals surface area contributed by atoms with Gasteiger partial charge in [0, 0.05) is 0 Å². The molecule has 0 radical (unpaired) electrons. The Morgan fingerprint density at radius 2 is 1.95 bits per heavy atom. The lowest BCUT2D eigenvalue weighted by Crippen LogP contribution is -1.99. The van der Waals surface area contributed by atoms with E-state index in [1.54, 1.807) is 18.4 Å². The van der Waals surface area contributed by atoms with Crippen LogP contribution >= 0.6 is 11.3 Å². The van der Waals surface area contributed by atoms with Gasteiger partial charge in [-0.05, 0) is 41.4 Å². The van der Waals surface area contributed by atoms with E-state index in [-0.39, 0.29) is 0 Å². The number of hydrogen-bond acceptors (Lipinski definition) is 3. The van der Waals surface area contributed by atoms with Crippen LogP contribution in [0.3, 0.4) is 0 Å². The Morgan fingerprint density at radius 3 is 2.58 bits per heavy atom. The van der Waals surface area contributed by atoms with Gasteiger partial charge in [-0.1, -0.05) is 18.2 Å². The van der Waals surface area contributed by atoms with Crippen molar-refractivity contribution in [3.8, 4) is 22.7 Å². The van der Waals surface area contributed by atoms with E-state index < -0.39 is 0 Å². The van der Waals surface area contributed by atoms with Crippen molar-refractivity contribution in [3.05, 3.63) is 52.9 Å². The average molecular weight is 270 g/mol. The van der Waals surface area contributed by atoms with Crippen molar-refractivity contribution in [2.45, 2.75) is 6.92 Å². The van der Waals surface area contributed by atoms with E-state index in [4.69, 9.17) is 4.74 Å². The van der Waals surface area contributed by atoms with Gasteiger partial charge < -0.3 is 4.74 Å². The zero-order valence-electron chi connectivity index (χ0n) is 10.8. The van der Waals surface area contributed by atoms with Crippen LogP contribution in [-0.4, -0.2) is 16.9 Å². The molecule has 0 spiro atoms. The number of nitrogens with zero attached hydrogens (tertiary/aromatic N) is 2. The molecule has 3 nitrogen and oxygen atoms in total. The fourth-order valence-corrected chi connectivity index (χ4v) is 2.82. The summed E-state index contributed by atoms with van der Waals surface area (Å²) in [6, 6.07) is 12.1. The van der Waals surface area contributed by atoms with Crippen LogP contribution in [0.5, 0.6) is 5.88 Å². The second-order valence-electron chi connectivity index (χ2n) is 4.23. The first kappa shape index (κ1) is 12.0. The maximum absolute atomic E-state index is 5.58. The number of para-hydroxylation sites is 1. The molecule has 0 aliphatic heterocycles. The highest BCUT2D eigenvalue weighted by Crippen LogP contribution is 2.35. The zero-order chi connectivity index (χ0) is 13.2. The molecule has 19 heavy (non-hydrogen) atoms. The van der Waals surface area contributed by atoms with Crippen LogP contribution in [0.4, 0.5) is 0 Å². The molecule has 0 N–H and O–H groups in total. The lowest BCUT2D eigenvalue weighted by atomic mass is 10.1. The van der Waals surface area contributed by atoms with Gasteiger partial charge in [-0.15, -0.1) is 0 Å². The number of aromatic nitrogens is 2. The minimum Gasteiger partial charge on any atom is -0.480 e. The summed E-state index contributed by atoms with van der Waals surface area (Å²) in [6.07, 6.45) is 0. The van der Waals surface area contributed by atoms with Gasteiger partial charge in [0.05, 0.1) is 24.1 Å². The number of hydrogen-bond donors (Lipinski definition) is 0. The van der Waals surface area contributed by atoms with E-state index in [0.29, 0.717) is 0 Å². The van der Waals surface area contributed by atoms with Crippen molar-refractivity contribution in [1.29, 1.82) is 0 Å². The number of rotatable bonds is 3. The van der Waals surface area contributed by atoms with Crippen LogP contribution in [-0.2, 0) is 0 Å². The number of methoxy groups -OCH3 is 1. The van der Waals surface area contributed by atoms with E-state index in [1.807, 2.05) is 41.9 Å². The number of benzene rings is 1. The molecular formula is C15H14N2OS. The van der Waals surface area contributed by atoms with Gasteiger partial charge in [-0.2, -0.15) is 16.4 Å². The normalized spacial score (nSPS) is 10.6. The molecule has 3 aromatic rings. The summed E-state index contributed by atoms with van der Waals surface area (Å²) in [6.45, 7) is 2.01. The molecule has 0 fully saturated rings. The first-order valence-electron chi connectivity index (χ1n) is 6.03. The molecule has 1 aromatic carbocycles. The molecule has 0 saturated carbocycles. The van der Waals surface area contributed by atoms with E-state index in [0.717, 1.165) is 28.4 Å². The third-order valence-corrected chi connectivity index (χ3v) is 3.71. The summed E-state index contributed by atoms with van der Waals surface area (Å²) in [5.74, 6) is 0.780. The first-order valence-corrected chi connectivity index (χ1v) is 6.97. The number of thiophene rings is 1. The molecule has 96 valence electrons. The van der Waals surface area contributed by atoms with Crippen molar-refractivity contribution >= 4 is 11.3 Å². The SMILES string of the molecule is COc1c(-c2ccsc2)c(C)nn1-c1ccccc1. The summed E-state index contributed by atoms with van der Waals surface area (Å²) in [7, 11) is 1.69. The van der Waals surface area contributed by atoms with Crippen LogP contribution in [0.25, 0.3) is 16.8 Å². The van der Waals surface area contributed by atoms with Crippen molar-refractivity contribution in [3.63, 3.8) is 0 Å². The number of aryl methyl sites for hydroxylation is 1. The monoisotopic (exact) mass is 270 g/mol. The van der Waals surface area contributed by atoms with Gasteiger partial charge in [0.25, 0.3) is 0 Å². The molecule has 0 aliphatic carbocycles. The second-order valence-corrected chi connectivity index (χ2v) is 5.01. The van der Waals surface area contributed by atoms with Crippen molar-refractivity contribution in [1.82, 2.24) is 9.78 Å². The van der Waals surface area contributed by atoms with Crippen molar-refractivity contribution in [2.75, 3.05) is 7.11 Å². The Hall–Kier alpha value is -2.07. The lowest BCUT2D eigenvalue weighted by molar-refractivity contribution is 0.385. The molecule has 3 rings (SSSR count). The maximum atomic E-state index is 5.58. The molecule has 0 atom stereocenters. The van der Waals surface area contributed by atoms with E-state index in [9.17, 15) is 0 Å². The predicted octanol–water partition coefficient (Wildman–Crippen LogP) is 3.92. The van der Waals surface area contributed by atoms with Gasteiger partial charge in [0.2, 0.25) is 5.88 Å². The summed E-state index contributed by atoms with van der Waals surface area (Å²) >= 11 is 1.67. The van der Waals surface area contributed by atoms with E-state index >= 15 is 0 Å². The molecule has 4 heteroatoms. The smallest absolute Gasteiger partial charge is 0.224 e. The third-order valence-electron chi connectivity index (χ3n) is 3.02. The first-order chi connectivity index (χ1) is 9.31. The molecule has 0 saturated heterocycles. The highest BCUT2D eigenvalue weighted by molar-refractivity contribution is 7.08. The topological polar surface area (TPSA) is 27.1 Å². The summed E-state index contributed by atoms with van der Waals surface area (Å²) in [5.41, 5.74) is 4.19. The van der Waals surface area contributed by atoms with Crippen molar-refractivity contribution in [2.24, 2.45) is 0 Å². The Morgan fingerprint density at radius 1 is 1.16 bits per heavy atom. The number of ether oxygens (including phenoxy) is 1. The largest absolute Gasteiger partial charge is 0.480 e. The molecule has 0 bridgehead atoms. The van der Waals surface area contributed by atoms with Crippen LogP contribution in [0, 0.1) is 6.92 Å². The van der Waals surface area contributed by atoms with Gasteiger partial charge in [0.15, 0.2) is 0 Å². The van der Waals surface area contributed by atoms with Gasteiger partial charge >= 0.3 is 0 Å². The average Bonchev–Trinajstić information content (AvgIpc) is 3.06. The quantitative estimate of drug-likeness (QED) is 0.721. The minimum absolute atomic E-state index is 0.780. The van der Waals surface area contributed by atoms with Gasteiger partial charge in [-0.25, -0.2) is 4.68 Å². The second kappa shape index (κ2) is 4.90. The highest BCUT2D eigenvalue weighted by atomic mass is 32.1. The molecule has 0 unspecified atom stereocenters. The van der Waals surface area contributed by atoms with Crippen molar-refractivity contribution < 1.29 is 4.74 Å². The van der Waals surface area contributed by atoms with E-state index in [1.165, 1.54) is 0 Å². The summed E-state index contributed by atoms with van der Waals surface area (Å²) in [4.78, 5) is 0. The summed E-state index contributed by atoms with van der Waals surface area (Å²) < 4.78 is 7.43. The molecule has 2 heterocycles. The van der Waals surface area contributed by atoms with Crippen LogP contribution in [0.2, 0.25) is 0 Å². The fraction of sp³-hybridized carbons (Fsp3) is 0.133. The standard InChI is InChI=1S/C15H14N2OS/c1-11-14(12-8-9-19-10-12)15(18-2)17(16-11)13-6-4-3-5-7-13/h3-10H,1-2H3. The third kappa shape index (κ3) is 2.04. The molecule has 0 amide bonds. The van der Waals surface area contributed by atoms with Crippen LogP contribution in [0.1, 0.15) is 5.69 Å². The fourth-order valence-electron chi connectivity index (χ4n) is 2.18. The highest BCUT2D eigenvalue weighted by Gasteiger charge is 2.18. The summed E-state index contributed by atoms with van der Waals surface area (Å²) in [5, 5.41) is 8.78. The van der Waals surface area contributed by atoms with Gasteiger partial charge in [0.1, 0.15) is 0 Å². The zero-order valence-corrected chi connectivity index (χ0v) is 11.6. The molecular weight excluding hydrogens is 256 g/mol. The predicted molar refractivity (Wildman–Crippen MR) is 78.2 cm³/mol. The van der Waals surface area contributed by atoms with Crippen LogP contribution < -0.4 is 4.74 Å². The Bertz CT molecular complexity index is 672. The Kier molecular flexibility index (Phi) is 3.09. The van der Waals surface area contributed by atoms with Gasteiger partial charge in [-0.3, -0.25) is 0 Å².